The second-order valence-electron chi connectivity index (χ2n) is 9.51. The average Bonchev–Trinajstić information content (AvgIpc) is 3.38. The Morgan fingerprint density at radius 2 is 2.00 bits per heavy atom. The number of aromatic amines is 1. The van der Waals surface area contributed by atoms with Crippen molar-refractivity contribution >= 4 is 40.7 Å². The number of H-pyrrole nitrogens is 1. The number of thioether (sulfide) groups is 1. The maximum Gasteiger partial charge on any atom is 0.414 e. The maximum absolute atomic E-state index is 13.7. The smallest absolute Gasteiger partial charge is 0.414 e. The van der Waals surface area contributed by atoms with E-state index in [1.165, 1.54) is 10.5 Å². The van der Waals surface area contributed by atoms with Crippen molar-refractivity contribution in [1.29, 1.82) is 0 Å². The number of aliphatic hydroxyl groups is 1. The molecule has 38 heavy (non-hydrogen) atoms. The summed E-state index contributed by atoms with van der Waals surface area (Å²) in [6, 6.07) is 13.4. The number of rotatable bonds is 6. The molecule has 8 nitrogen and oxygen atoms in total. The van der Waals surface area contributed by atoms with Crippen LogP contribution < -0.4 is 4.74 Å². The van der Waals surface area contributed by atoms with E-state index in [4.69, 9.17) is 24.5 Å². The van der Waals surface area contributed by atoms with E-state index in [1.807, 2.05) is 48.3 Å². The molecule has 0 amide bonds. The fraction of sp³-hybridized carbons (Fsp3) is 0.357. The average molecular weight is 543 g/mol. The number of benzene rings is 2. The zero-order valence-corrected chi connectivity index (χ0v) is 21.8. The van der Waals surface area contributed by atoms with E-state index in [9.17, 15) is 9.50 Å². The third-order valence-corrected chi connectivity index (χ3v) is 8.07. The molecule has 3 aromatic rings. The van der Waals surface area contributed by atoms with Crippen molar-refractivity contribution < 1.29 is 34.0 Å². The highest BCUT2D eigenvalue weighted by molar-refractivity contribution is 8.02. The van der Waals surface area contributed by atoms with Crippen LogP contribution in [0.3, 0.4) is 0 Å². The topological polar surface area (TPSA) is 123 Å². The Morgan fingerprint density at radius 1 is 1.21 bits per heavy atom. The molecule has 10 heteroatoms. The minimum Gasteiger partial charge on any atom is -0.490 e. The molecule has 0 spiro atoms. The molecule has 2 unspecified atom stereocenters. The number of aliphatic hydroxyl groups excluding tert-OH is 1. The predicted molar refractivity (Wildman–Crippen MR) is 145 cm³/mol. The number of piperidine rings is 1. The number of halogens is 1. The summed E-state index contributed by atoms with van der Waals surface area (Å²) in [6.07, 6.45) is 5.66. The number of hydrogen-bond acceptors (Lipinski definition) is 6. The lowest BCUT2D eigenvalue weighted by Crippen LogP contribution is -2.46. The summed E-state index contributed by atoms with van der Waals surface area (Å²) >= 11 is 1.89. The molecule has 202 valence electrons. The van der Waals surface area contributed by atoms with E-state index >= 15 is 0 Å². The molecule has 1 aromatic heterocycles. The van der Waals surface area contributed by atoms with Gasteiger partial charge < -0.3 is 25.0 Å². The number of likely N-dealkylation sites (tertiary alicyclic amines) is 1. The number of carboxylic acid groups (broad SMARTS) is 2. The van der Waals surface area contributed by atoms with Crippen LogP contribution in [0, 0.1) is 11.7 Å². The van der Waals surface area contributed by atoms with Crippen LogP contribution >= 0.6 is 11.8 Å². The number of carboxylic acids is 2. The Bertz CT molecular complexity index is 1310. The van der Waals surface area contributed by atoms with Gasteiger partial charge in [0.25, 0.3) is 0 Å². The molecule has 2 aliphatic heterocycles. The molecular formula is C28H31FN2O6S. The van der Waals surface area contributed by atoms with Crippen LogP contribution in [0.25, 0.3) is 17.0 Å². The van der Waals surface area contributed by atoms with E-state index in [0.29, 0.717) is 18.5 Å². The number of carbonyl (C=O) groups is 2. The number of aromatic nitrogens is 1. The number of allylic oxidation sites excluding steroid dienone is 1. The standard InChI is InChI=1S/C26H29FN2O2S.C2H2O4/c1-17-11-18(26-13-20-12-21(27)6-5-19(20)16-32-26)8-10-29(17)14-22(30)15-31-25-4-2-3-24-23(25)7-9-28-24;3-1(4)2(5)6/h2-7,9,12-13,17-18,22,28,30H,8,10-11,14-16H2,1H3;(H,3,4)(H,5,6)/t17-,18?,22?;/m0./s1. The minimum absolute atomic E-state index is 0.168. The first-order valence-corrected chi connectivity index (χ1v) is 13.4. The quantitative estimate of drug-likeness (QED) is 0.334. The molecule has 0 aliphatic carbocycles. The van der Waals surface area contributed by atoms with Crippen LogP contribution in [0.4, 0.5) is 4.39 Å². The van der Waals surface area contributed by atoms with Crippen LogP contribution in [0.1, 0.15) is 30.9 Å². The van der Waals surface area contributed by atoms with Gasteiger partial charge in [-0.15, -0.1) is 11.8 Å². The molecule has 0 bridgehead atoms. The molecule has 1 saturated heterocycles. The molecule has 0 saturated carbocycles. The van der Waals surface area contributed by atoms with Gasteiger partial charge in [-0.25, -0.2) is 14.0 Å². The van der Waals surface area contributed by atoms with Crippen LogP contribution in [0.2, 0.25) is 0 Å². The number of fused-ring (bicyclic) bond motifs is 2. The lowest BCUT2D eigenvalue weighted by atomic mass is 9.89. The summed E-state index contributed by atoms with van der Waals surface area (Å²) < 4.78 is 19.6. The Kier molecular flexibility index (Phi) is 9.09. The molecule has 1 fully saturated rings. The van der Waals surface area contributed by atoms with Crippen molar-refractivity contribution in [2.24, 2.45) is 5.92 Å². The summed E-state index contributed by atoms with van der Waals surface area (Å²) in [7, 11) is 0. The molecule has 4 N–H and O–H groups in total. The van der Waals surface area contributed by atoms with Crippen molar-refractivity contribution in [3.8, 4) is 5.75 Å². The summed E-state index contributed by atoms with van der Waals surface area (Å²) in [5.74, 6) is -1.60. The zero-order valence-electron chi connectivity index (χ0n) is 21.0. The Morgan fingerprint density at radius 3 is 2.74 bits per heavy atom. The first-order chi connectivity index (χ1) is 18.2. The largest absolute Gasteiger partial charge is 0.490 e. The van der Waals surface area contributed by atoms with Crippen LogP contribution in [0.15, 0.2) is 53.6 Å². The van der Waals surface area contributed by atoms with Gasteiger partial charge in [0.2, 0.25) is 0 Å². The number of nitrogens with zero attached hydrogens (tertiary/aromatic N) is 1. The first kappa shape index (κ1) is 27.7. The van der Waals surface area contributed by atoms with Gasteiger partial charge in [0, 0.05) is 35.4 Å². The number of hydrogen-bond donors (Lipinski definition) is 4. The molecule has 2 aliphatic rings. The molecule has 0 radical (unpaired) electrons. The Balaban J connectivity index is 0.000000505. The van der Waals surface area contributed by atoms with Crippen molar-refractivity contribution in [3.63, 3.8) is 0 Å². The molecule has 3 atom stereocenters. The normalized spacial score (nSPS) is 20.0. The number of ether oxygens (including phenoxy) is 1. The lowest BCUT2D eigenvalue weighted by molar-refractivity contribution is -0.159. The monoisotopic (exact) mass is 542 g/mol. The van der Waals surface area contributed by atoms with E-state index in [1.54, 1.807) is 12.1 Å². The van der Waals surface area contributed by atoms with Gasteiger partial charge >= 0.3 is 11.9 Å². The summed E-state index contributed by atoms with van der Waals surface area (Å²) in [5.41, 5.74) is 3.27. The van der Waals surface area contributed by atoms with Crippen molar-refractivity contribution in [3.05, 3.63) is 70.5 Å². The van der Waals surface area contributed by atoms with E-state index < -0.39 is 18.0 Å². The van der Waals surface area contributed by atoms with Gasteiger partial charge in [-0.2, -0.15) is 0 Å². The predicted octanol–water partition coefficient (Wildman–Crippen LogP) is 4.59. The zero-order chi connectivity index (χ0) is 27.2. The minimum atomic E-state index is -1.82. The lowest BCUT2D eigenvalue weighted by Gasteiger charge is -2.39. The molecular weight excluding hydrogens is 511 g/mol. The molecule has 2 aromatic carbocycles. The van der Waals surface area contributed by atoms with Crippen LogP contribution in [-0.4, -0.2) is 69.0 Å². The summed E-state index contributed by atoms with van der Waals surface area (Å²) in [4.78, 5) is 25.1. The molecule has 3 heterocycles. The molecule has 5 rings (SSSR count). The summed E-state index contributed by atoms with van der Waals surface area (Å²) in [6.45, 7) is 4.07. The first-order valence-electron chi connectivity index (χ1n) is 12.4. The fourth-order valence-electron chi connectivity index (χ4n) is 4.87. The van der Waals surface area contributed by atoms with Gasteiger partial charge in [0.1, 0.15) is 24.3 Å². The van der Waals surface area contributed by atoms with E-state index in [-0.39, 0.29) is 12.4 Å². The Labute approximate surface area is 224 Å². The van der Waals surface area contributed by atoms with Crippen molar-refractivity contribution in [1.82, 2.24) is 9.88 Å². The third-order valence-electron chi connectivity index (χ3n) is 6.83. The number of nitrogens with one attached hydrogen (secondary N) is 1. The summed E-state index contributed by atoms with van der Waals surface area (Å²) in [5, 5.41) is 26.4. The highest BCUT2D eigenvalue weighted by Crippen LogP contribution is 2.41. The van der Waals surface area contributed by atoms with Gasteiger partial charge in [-0.3, -0.25) is 4.90 Å². The number of aliphatic carboxylic acids is 2. The SMILES string of the molecule is C[C@H]1CC(C2=Cc3cc(F)ccc3CS2)CCN1CC(O)COc1cccc2[nH]ccc12.O=C(O)C(=O)O. The number of β-amino-alcohol motifs (C(OH)–C–C–N with tert-alkyl or cyclic N) is 1. The second-order valence-corrected chi connectivity index (χ2v) is 10.6. The fourth-order valence-corrected chi connectivity index (χ4v) is 6.11. The van der Waals surface area contributed by atoms with E-state index in [2.05, 4.69) is 22.9 Å². The van der Waals surface area contributed by atoms with Gasteiger partial charge in [0.05, 0.1) is 0 Å². The third kappa shape index (κ3) is 6.94. The highest BCUT2D eigenvalue weighted by Gasteiger charge is 2.30. The van der Waals surface area contributed by atoms with Gasteiger partial charge in [-0.05, 0) is 84.7 Å². The Hall–Kier alpha value is -3.34. The van der Waals surface area contributed by atoms with Crippen molar-refractivity contribution in [2.45, 2.75) is 37.7 Å². The van der Waals surface area contributed by atoms with Crippen molar-refractivity contribution in [2.75, 3.05) is 19.7 Å². The second kappa shape index (κ2) is 12.5. The van der Waals surface area contributed by atoms with Crippen LogP contribution in [0.5, 0.6) is 5.75 Å². The van der Waals surface area contributed by atoms with Gasteiger partial charge in [-0.1, -0.05) is 12.1 Å². The highest BCUT2D eigenvalue weighted by atomic mass is 32.2. The van der Waals surface area contributed by atoms with Crippen LogP contribution in [-0.2, 0) is 15.3 Å². The van der Waals surface area contributed by atoms with E-state index in [0.717, 1.165) is 47.4 Å². The maximum atomic E-state index is 13.7. The van der Waals surface area contributed by atoms with Gasteiger partial charge in [0.15, 0.2) is 0 Å².